The second-order valence-electron chi connectivity index (χ2n) is 8.12. The summed E-state index contributed by atoms with van der Waals surface area (Å²) < 4.78 is 40.9. The van der Waals surface area contributed by atoms with E-state index in [1.54, 1.807) is 24.7 Å². The standard InChI is InChI=1S/C24H22ClF2N3O6/c1-13-9-15(29(2)28-13)11-35-24(33)36-30-8-7-16-17(4-5-19(26)22(16)27)23(30)18-10-14(25)3-6-20(18)34-12-21(31)32/h3-6,9-10,23H,7-8,11-12H2,1-2H3,(H,31,32)/t23-/m0/s1. The molecule has 2 heterocycles. The second-order valence-corrected chi connectivity index (χ2v) is 8.55. The van der Waals surface area contributed by atoms with Crippen LogP contribution in [-0.4, -0.2) is 45.2 Å². The summed E-state index contributed by atoms with van der Waals surface area (Å²) >= 11 is 6.20. The molecule has 1 aliphatic heterocycles. The highest BCUT2D eigenvalue weighted by Gasteiger charge is 2.36. The molecule has 1 atom stereocenters. The lowest BCUT2D eigenvalue weighted by Crippen LogP contribution is -2.39. The second kappa shape index (κ2) is 10.5. The van der Waals surface area contributed by atoms with Crippen LogP contribution in [0, 0.1) is 18.6 Å². The van der Waals surface area contributed by atoms with E-state index in [-0.39, 0.29) is 35.9 Å². The normalized spacial score (nSPS) is 15.3. The Morgan fingerprint density at radius 2 is 1.97 bits per heavy atom. The molecule has 4 rings (SSSR count). The molecular weight excluding hydrogens is 500 g/mol. The molecule has 0 fully saturated rings. The molecule has 1 aromatic heterocycles. The van der Waals surface area contributed by atoms with Gasteiger partial charge in [-0.2, -0.15) is 5.10 Å². The van der Waals surface area contributed by atoms with Gasteiger partial charge in [0.15, 0.2) is 18.2 Å². The molecule has 0 spiro atoms. The van der Waals surface area contributed by atoms with Crippen molar-refractivity contribution in [2.24, 2.45) is 7.05 Å². The third-order valence-electron chi connectivity index (χ3n) is 5.64. The Kier molecular flexibility index (Phi) is 7.41. The first-order chi connectivity index (χ1) is 17.1. The number of carboxylic acid groups (broad SMARTS) is 1. The highest BCUT2D eigenvalue weighted by atomic mass is 35.5. The van der Waals surface area contributed by atoms with E-state index in [1.807, 2.05) is 0 Å². The summed E-state index contributed by atoms with van der Waals surface area (Å²) in [5, 5.41) is 14.8. The molecule has 0 unspecified atom stereocenters. The van der Waals surface area contributed by atoms with Gasteiger partial charge in [0.25, 0.3) is 0 Å². The lowest BCUT2D eigenvalue weighted by molar-refractivity contribution is -0.153. The van der Waals surface area contributed by atoms with Gasteiger partial charge in [0, 0.05) is 24.2 Å². The fourth-order valence-electron chi connectivity index (χ4n) is 4.10. The van der Waals surface area contributed by atoms with E-state index in [4.69, 9.17) is 31.0 Å². The molecule has 0 saturated carbocycles. The van der Waals surface area contributed by atoms with Crippen LogP contribution in [0.4, 0.5) is 13.6 Å². The van der Waals surface area contributed by atoms with Crippen molar-refractivity contribution in [1.29, 1.82) is 0 Å². The van der Waals surface area contributed by atoms with Gasteiger partial charge in [-0.15, -0.1) is 5.06 Å². The van der Waals surface area contributed by atoms with Gasteiger partial charge in [-0.05, 0) is 54.8 Å². The number of halogens is 3. The number of carboxylic acids is 1. The summed E-state index contributed by atoms with van der Waals surface area (Å²) in [5.74, 6) is -3.12. The lowest BCUT2D eigenvalue weighted by atomic mass is 9.88. The molecule has 0 radical (unpaired) electrons. The average Bonchev–Trinajstić information content (AvgIpc) is 3.15. The van der Waals surface area contributed by atoms with Gasteiger partial charge in [0.2, 0.25) is 0 Å². The monoisotopic (exact) mass is 521 g/mol. The average molecular weight is 522 g/mol. The molecule has 0 bridgehead atoms. The predicted molar refractivity (Wildman–Crippen MR) is 122 cm³/mol. The van der Waals surface area contributed by atoms with Crippen LogP contribution in [0.25, 0.3) is 0 Å². The number of hydrogen-bond acceptors (Lipinski definition) is 7. The quantitative estimate of drug-likeness (QED) is 0.458. The summed E-state index contributed by atoms with van der Waals surface area (Å²) in [7, 11) is 1.71. The first kappa shape index (κ1) is 25.4. The number of carbonyl (C=O) groups is 2. The van der Waals surface area contributed by atoms with Crippen molar-refractivity contribution in [2.45, 2.75) is 26.0 Å². The maximum atomic E-state index is 14.7. The predicted octanol–water partition coefficient (Wildman–Crippen LogP) is 4.34. The molecule has 2 aromatic carbocycles. The van der Waals surface area contributed by atoms with E-state index in [0.717, 1.165) is 11.8 Å². The number of fused-ring (bicyclic) bond motifs is 1. The van der Waals surface area contributed by atoms with Crippen molar-refractivity contribution in [3.05, 3.63) is 81.1 Å². The maximum Gasteiger partial charge on any atom is 0.528 e. The van der Waals surface area contributed by atoms with Crippen LogP contribution in [0.1, 0.15) is 34.1 Å². The van der Waals surface area contributed by atoms with Gasteiger partial charge in [0.05, 0.1) is 11.4 Å². The largest absolute Gasteiger partial charge is 0.528 e. The van der Waals surface area contributed by atoms with E-state index < -0.39 is 36.4 Å². The molecular formula is C24H22ClF2N3O6. The number of ether oxygens (including phenoxy) is 2. The highest BCUT2D eigenvalue weighted by molar-refractivity contribution is 6.30. The number of nitrogens with zero attached hydrogens (tertiary/aromatic N) is 3. The molecule has 1 N–H and O–H groups in total. The number of rotatable bonds is 7. The molecule has 190 valence electrons. The van der Waals surface area contributed by atoms with Gasteiger partial charge in [-0.3, -0.25) is 4.68 Å². The first-order valence-electron chi connectivity index (χ1n) is 10.9. The summed E-state index contributed by atoms with van der Waals surface area (Å²) in [4.78, 5) is 29.2. The van der Waals surface area contributed by atoms with Crippen molar-refractivity contribution in [3.63, 3.8) is 0 Å². The fraction of sp³-hybridized carbons (Fsp3) is 0.292. The zero-order valence-corrected chi connectivity index (χ0v) is 20.1. The van der Waals surface area contributed by atoms with Gasteiger partial charge < -0.3 is 19.4 Å². The van der Waals surface area contributed by atoms with Crippen LogP contribution >= 0.6 is 11.6 Å². The molecule has 9 nitrogen and oxygen atoms in total. The molecule has 0 amide bonds. The number of hydroxylamine groups is 2. The molecule has 12 heteroatoms. The Hall–Kier alpha value is -3.70. The Labute approximate surface area is 209 Å². The summed E-state index contributed by atoms with van der Waals surface area (Å²) in [5.41, 5.74) is 2.09. The fourth-order valence-corrected chi connectivity index (χ4v) is 4.28. The minimum absolute atomic E-state index is 0.0111. The zero-order chi connectivity index (χ0) is 26.0. The number of carbonyl (C=O) groups excluding carboxylic acids is 1. The van der Waals surface area contributed by atoms with Crippen molar-refractivity contribution >= 4 is 23.7 Å². The Balaban J connectivity index is 1.67. The maximum absolute atomic E-state index is 14.7. The van der Waals surface area contributed by atoms with Gasteiger partial charge >= 0.3 is 12.1 Å². The minimum Gasteiger partial charge on any atom is -0.482 e. The van der Waals surface area contributed by atoms with Crippen LogP contribution in [0.15, 0.2) is 36.4 Å². The van der Waals surface area contributed by atoms with Crippen molar-refractivity contribution in [3.8, 4) is 5.75 Å². The van der Waals surface area contributed by atoms with Crippen LogP contribution < -0.4 is 4.74 Å². The Morgan fingerprint density at radius 1 is 1.19 bits per heavy atom. The highest BCUT2D eigenvalue weighted by Crippen LogP contribution is 2.41. The number of hydrogen-bond donors (Lipinski definition) is 1. The van der Waals surface area contributed by atoms with E-state index >= 15 is 0 Å². The summed E-state index contributed by atoms with van der Waals surface area (Å²) in [6.45, 7) is 1.03. The molecule has 3 aromatic rings. The van der Waals surface area contributed by atoms with Crippen molar-refractivity contribution < 1.29 is 37.8 Å². The molecule has 0 aliphatic carbocycles. The first-order valence-corrected chi connectivity index (χ1v) is 11.2. The summed E-state index contributed by atoms with van der Waals surface area (Å²) in [6.07, 6.45) is -0.991. The van der Waals surface area contributed by atoms with Crippen molar-refractivity contribution in [2.75, 3.05) is 13.2 Å². The number of aryl methyl sites for hydroxylation is 2. The number of aromatic nitrogens is 2. The van der Waals surface area contributed by atoms with Crippen molar-refractivity contribution in [1.82, 2.24) is 14.8 Å². The third kappa shape index (κ3) is 5.42. The minimum atomic E-state index is -1.21. The van der Waals surface area contributed by atoms with E-state index in [1.165, 1.54) is 29.3 Å². The Bertz CT molecular complexity index is 1320. The van der Waals surface area contributed by atoms with Crippen LogP contribution in [0.5, 0.6) is 5.75 Å². The van der Waals surface area contributed by atoms with Gasteiger partial charge in [-0.25, -0.2) is 18.4 Å². The van der Waals surface area contributed by atoms with Crippen LogP contribution in [0.3, 0.4) is 0 Å². The SMILES string of the molecule is Cc1cc(COC(=O)ON2CCc3c(ccc(F)c3F)[C@H]2c2cc(Cl)ccc2OCC(=O)O)n(C)n1. The number of aliphatic carboxylic acids is 1. The van der Waals surface area contributed by atoms with E-state index in [0.29, 0.717) is 16.8 Å². The molecule has 36 heavy (non-hydrogen) atoms. The third-order valence-corrected chi connectivity index (χ3v) is 5.88. The van der Waals surface area contributed by atoms with Gasteiger partial charge in [-0.1, -0.05) is 17.7 Å². The lowest BCUT2D eigenvalue weighted by Gasteiger charge is -2.36. The van der Waals surface area contributed by atoms with E-state index in [9.17, 15) is 18.4 Å². The topological polar surface area (TPSA) is 103 Å². The van der Waals surface area contributed by atoms with Crippen LogP contribution in [0.2, 0.25) is 5.02 Å². The molecule has 0 saturated heterocycles. The smallest absolute Gasteiger partial charge is 0.482 e. The zero-order valence-electron chi connectivity index (χ0n) is 19.3. The van der Waals surface area contributed by atoms with E-state index in [2.05, 4.69) is 5.10 Å². The Morgan fingerprint density at radius 3 is 2.67 bits per heavy atom. The van der Waals surface area contributed by atoms with Crippen LogP contribution in [-0.2, 0) is 34.4 Å². The number of benzene rings is 2. The molecule has 1 aliphatic rings. The summed E-state index contributed by atoms with van der Waals surface area (Å²) in [6, 6.07) is 7.54. The van der Waals surface area contributed by atoms with Gasteiger partial charge in [0.1, 0.15) is 18.4 Å².